The zero-order valence-corrected chi connectivity index (χ0v) is 15.0. The highest BCUT2D eigenvalue weighted by Gasteiger charge is 2.25. The van der Waals surface area contributed by atoms with Crippen molar-refractivity contribution in [3.8, 4) is 5.69 Å². The maximum absolute atomic E-state index is 9.91. The van der Waals surface area contributed by atoms with Gasteiger partial charge >= 0.3 is 0 Å². The summed E-state index contributed by atoms with van der Waals surface area (Å²) < 4.78 is 2.00. The molecule has 24 heavy (non-hydrogen) atoms. The van der Waals surface area contributed by atoms with Gasteiger partial charge < -0.3 is 5.11 Å². The normalized spacial score (nSPS) is 20.5. The van der Waals surface area contributed by atoms with Crippen molar-refractivity contribution in [2.75, 3.05) is 13.1 Å². The summed E-state index contributed by atoms with van der Waals surface area (Å²) in [5, 5.41) is 14.8. The van der Waals surface area contributed by atoms with E-state index >= 15 is 0 Å². The van der Waals surface area contributed by atoms with Crippen LogP contribution < -0.4 is 0 Å². The van der Waals surface area contributed by atoms with Crippen molar-refractivity contribution in [3.05, 3.63) is 47.8 Å². The molecule has 0 amide bonds. The largest absolute Gasteiger partial charge is 0.393 e. The molecule has 2 atom stereocenters. The third-order valence-electron chi connectivity index (χ3n) is 5.01. The van der Waals surface area contributed by atoms with Crippen LogP contribution in [0.2, 0.25) is 0 Å². The Morgan fingerprint density at radius 1 is 1.21 bits per heavy atom. The minimum atomic E-state index is -0.218. The van der Waals surface area contributed by atoms with Crippen molar-refractivity contribution >= 4 is 0 Å². The fourth-order valence-electron chi connectivity index (χ4n) is 3.61. The van der Waals surface area contributed by atoms with E-state index in [2.05, 4.69) is 37.1 Å². The predicted octanol–water partition coefficient (Wildman–Crippen LogP) is 3.59. The summed E-state index contributed by atoms with van der Waals surface area (Å²) in [5.74, 6) is 0.799. The summed E-state index contributed by atoms with van der Waals surface area (Å²) >= 11 is 0. The van der Waals surface area contributed by atoms with Crippen molar-refractivity contribution in [2.45, 2.75) is 52.2 Å². The third-order valence-corrected chi connectivity index (χ3v) is 5.01. The zero-order chi connectivity index (χ0) is 17.1. The van der Waals surface area contributed by atoms with Gasteiger partial charge in [-0.1, -0.05) is 32.0 Å². The quantitative estimate of drug-likeness (QED) is 0.912. The summed E-state index contributed by atoms with van der Waals surface area (Å²) in [6, 6.07) is 10.3. The lowest BCUT2D eigenvalue weighted by Gasteiger charge is -2.34. The molecule has 2 aromatic rings. The number of hydrogen-bond acceptors (Lipinski definition) is 3. The lowest BCUT2D eigenvalue weighted by atomic mass is 9.93. The first-order chi connectivity index (χ1) is 11.5. The number of benzene rings is 1. The van der Waals surface area contributed by atoms with E-state index < -0.39 is 0 Å². The van der Waals surface area contributed by atoms with Crippen LogP contribution in [0, 0.1) is 5.92 Å². The van der Waals surface area contributed by atoms with Gasteiger partial charge in [0, 0.05) is 24.8 Å². The van der Waals surface area contributed by atoms with E-state index in [1.807, 2.05) is 29.8 Å². The summed E-state index contributed by atoms with van der Waals surface area (Å²) in [7, 11) is 0. The smallest absolute Gasteiger partial charge is 0.0699 e. The standard InChI is InChI=1S/C20H29N3O/c1-15(2)20-18(13-22-11-7-8-17(12-22)16(3)24)14-23(21-20)19-9-5-4-6-10-19/h4-6,9-10,14-17,24H,7-8,11-13H2,1-3H3/t16-,17+/m1/s1. The molecule has 1 aromatic heterocycles. The first kappa shape index (κ1) is 17.2. The molecule has 1 aliphatic heterocycles. The molecular weight excluding hydrogens is 298 g/mol. The van der Waals surface area contributed by atoms with Crippen LogP contribution in [0.5, 0.6) is 0 Å². The summed E-state index contributed by atoms with van der Waals surface area (Å²) in [6.45, 7) is 9.33. The van der Waals surface area contributed by atoms with Gasteiger partial charge in [0.1, 0.15) is 0 Å². The van der Waals surface area contributed by atoms with E-state index in [9.17, 15) is 5.11 Å². The van der Waals surface area contributed by atoms with E-state index in [1.165, 1.54) is 17.7 Å². The van der Waals surface area contributed by atoms with Gasteiger partial charge in [0.05, 0.1) is 17.5 Å². The number of likely N-dealkylation sites (tertiary alicyclic amines) is 1. The van der Waals surface area contributed by atoms with Crippen LogP contribution in [0.3, 0.4) is 0 Å². The van der Waals surface area contributed by atoms with Crippen LogP contribution in [0.25, 0.3) is 5.69 Å². The average Bonchev–Trinajstić information content (AvgIpc) is 3.00. The molecule has 4 heteroatoms. The van der Waals surface area contributed by atoms with Crippen LogP contribution in [0.1, 0.15) is 50.8 Å². The van der Waals surface area contributed by atoms with Crippen LogP contribution in [0.4, 0.5) is 0 Å². The molecule has 0 saturated carbocycles. The van der Waals surface area contributed by atoms with Crippen LogP contribution in [-0.4, -0.2) is 39.0 Å². The minimum Gasteiger partial charge on any atom is -0.393 e. The molecule has 0 unspecified atom stereocenters. The number of aliphatic hydroxyl groups is 1. The number of para-hydroxylation sites is 1. The predicted molar refractivity (Wildman–Crippen MR) is 97.3 cm³/mol. The molecule has 3 rings (SSSR count). The van der Waals surface area contributed by atoms with Crippen LogP contribution >= 0.6 is 0 Å². The summed E-state index contributed by atoms with van der Waals surface area (Å²) in [4.78, 5) is 2.47. The second-order valence-electron chi connectivity index (χ2n) is 7.35. The number of piperidine rings is 1. The van der Waals surface area contributed by atoms with Crippen LogP contribution in [0.15, 0.2) is 36.5 Å². The Labute approximate surface area is 145 Å². The van der Waals surface area contributed by atoms with E-state index in [1.54, 1.807) is 0 Å². The highest BCUT2D eigenvalue weighted by molar-refractivity contribution is 5.33. The average molecular weight is 327 g/mol. The van der Waals surface area contributed by atoms with E-state index in [0.29, 0.717) is 11.8 Å². The van der Waals surface area contributed by atoms with Crippen molar-refractivity contribution in [2.24, 2.45) is 5.92 Å². The summed E-state index contributed by atoms with van der Waals surface area (Å²) in [5.41, 5.74) is 3.59. The molecule has 1 saturated heterocycles. The number of hydrogen-bond donors (Lipinski definition) is 1. The molecule has 1 aliphatic rings. The van der Waals surface area contributed by atoms with Crippen molar-refractivity contribution in [1.29, 1.82) is 0 Å². The topological polar surface area (TPSA) is 41.3 Å². The maximum Gasteiger partial charge on any atom is 0.0699 e. The van der Waals surface area contributed by atoms with E-state index in [4.69, 9.17) is 5.10 Å². The lowest BCUT2D eigenvalue weighted by molar-refractivity contribution is 0.0598. The number of aliphatic hydroxyl groups excluding tert-OH is 1. The molecule has 1 aromatic carbocycles. The van der Waals surface area contributed by atoms with Gasteiger partial charge in [-0.2, -0.15) is 5.10 Å². The molecule has 0 bridgehead atoms. The van der Waals surface area contributed by atoms with Crippen molar-refractivity contribution in [1.82, 2.24) is 14.7 Å². The summed E-state index contributed by atoms with van der Waals surface area (Å²) in [6.07, 6.45) is 4.26. The molecule has 1 N–H and O–H groups in total. The Hall–Kier alpha value is -1.65. The first-order valence-corrected chi connectivity index (χ1v) is 9.09. The van der Waals surface area contributed by atoms with Gasteiger partial charge in [-0.15, -0.1) is 0 Å². The second kappa shape index (κ2) is 7.49. The number of rotatable bonds is 5. The Morgan fingerprint density at radius 3 is 2.62 bits per heavy atom. The molecule has 0 radical (unpaired) electrons. The van der Waals surface area contributed by atoms with Gasteiger partial charge in [-0.05, 0) is 50.3 Å². The Morgan fingerprint density at radius 2 is 1.96 bits per heavy atom. The Kier molecular flexibility index (Phi) is 5.36. The van der Waals surface area contributed by atoms with Gasteiger partial charge in [-0.3, -0.25) is 4.90 Å². The Bertz CT molecular complexity index is 648. The monoisotopic (exact) mass is 327 g/mol. The molecule has 130 valence electrons. The highest BCUT2D eigenvalue weighted by Crippen LogP contribution is 2.25. The minimum absolute atomic E-state index is 0.218. The molecular formula is C20H29N3O. The third kappa shape index (κ3) is 3.87. The van der Waals surface area contributed by atoms with Gasteiger partial charge in [-0.25, -0.2) is 4.68 Å². The Balaban J connectivity index is 1.80. The highest BCUT2D eigenvalue weighted by atomic mass is 16.3. The zero-order valence-electron chi connectivity index (χ0n) is 15.0. The molecule has 4 nitrogen and oxygen atoms in total. The number of nitrogens with zero attached hydrogens (tertiary/aromatic N) is 3. The second-order valence-corrected chi connectivity index (χ2v) is 7.35. The van der Waals surface area contributed by atoms with Gasteiger partial charge in [0.15, 0.2) is 0 Å². The van der Waals surface area contributed by atoms with Gasteiger partial charge in [0.2, 0.25) is 0 Å². The molecule has 0 aliphatic carbocycles. The SMILES string of the molecule is CC(C)c1nn(-c2ccccc2)cc1CN1CCC[C@H]([C@@H](C)O)C1. The number of aromatic nitrogens is 2. The fraction of sp³-hybridized carbons (Fsp3) is 0.550. The van der Waals surface area contributed by atoms with Crippen LogP contribution in [-0.2, 0) is 6.54 Å². The lowest BCUT2D eigenvalue weighted by Crippen LogP contribution is -2.39. The molecule has 2 heterocycles. The molecule has 1 fully saturated rings. The van der Waals surface area contributed by atoms with E-state index in [-0.39, 0.29) is 6.10 Å². The van der Waals surface area contributed by atoms with Gasteiger partial charge in [0.25, 0.3) is 0 Å². The van der Waals surface area contributed by atoms with E-state index in [0.717, 1.165) is 31.7 Å². The molecule has 0 spiro atoms. The fourth-order valence-corrected chi connectivity index (χ4v) is 3.61. The maximum atomic E-state index is 9.91. The first-order valence-electron chi connectivity index (χ1n) is 9.09. The van der Waals surface area contributed by atoms with Crippen molar-refractivity contribution < 1.29 is 5.11 Å². The van der Waals surface area contributed by atoms with Crippen molar-refractivity contribution in [3.63, 3.8) is 0 Å².